The highest BCUT2D eigenvalue weighted by Gasteiger charge is 2.11. The Labute approximate surface area is 113 Å². The van der Waals surface area contributed by atoms with Crippen LogP contribution in [-0.2, 0) is 9.53 Å². The van der Waals surface area contributed by atoms with Crippen LogP contribution in [0.2, 0.25) is 0 Å². The molecule has 1 aromatic carbocycles. The number of ether oxygens (including phenoxy) is 1. The molecule has 19 heavy (non-hydrogen) atoms. The molecule has 0 saturated carbocycles. The van der Waals surface area contributed by atoms with E-state index in [2.05, 4.69) is 5.32 Å². The van der Waals surface area contributed by atoms with Gasteiger partial charge in [0, 0.05) is 5.69 Å². The predicted octanol–water partition coefficient (Wildman–Crippen LogP) is 1.93. The van der Waals surface area contributed by atoms with E-state index in [1.165, 1.54) is 0 Å². The summed E-state index contributed by atoms with van der Waals surface area (Å²) >= 11 is 0. The first-order valence-electron chi connectivity index (χ1n) is 6.42. The summed E-state index contributed by atoms with van der Waals surface area (Å²) in [6.07, 6.45) is 1.36. The number of carbonyl (C=O) groups is 2. The van der Waals surface area contributed by atoms with Crippen LogP contribution in [0, 0.1) is 0 Å². The van der Waals surface area contributed by atoms with Crippen molar-refractivity contribution in [2.45, 2.75) is 32.7 Å². The Kier molecular flexibility index (Phi) is 6.02. The van der Waals surface area contributed by atoms with Crippen LogP contribution in [0.3, 0.4) is 0 Å². The molecule has 0 radical (unpaired) electrons. The van der Waals surface area contributed by atoms with E-state index in [1.807, 2.05) is 13.8 Å². The summed E-state index contributed by atoms with van der Waals surface area (Å²) in [6.45, 7) is 4.18. The summed E-state index contributed by atoms with van der Waals surface area (Å²) in [6, 6.07) is 6.02. The van der Waals surface area contributed by atoms with Gasteiger partial charge in [-0.05, 0) is 37.1 Å². The first kappa shape index (κ1) is 15.2. The van der Waals surface area contributed by atoms with Gasteiger partial charge >= 0.3 is 5.97 Å². The number of hydrogen-bond acceptors (Lipinski definition) is 4. The second-order valence-electron chi connectivity index (χ2n) is 4.22. The molecule has 1 atom stereocenters. The third-order valence-electron chi connectivity index (χ3n) is 2.60. The van der Waals surface area contributed by atoms with Crippen molar-refractivity contribution in [3.63, 3.8) is 0 Å². The number of carbonyl (C=O) groups excluding carboxylic acids is 2. The van der Waals surface area contributed by atoms with Crippen LogP contribution in [0.1, 0.15) is 37.0 Å². The van der Waals surface area contributed by atoms with Gasteiger partial charge in [-0.25, -0.2) is 4.79 Å². The lowest BCUT2D eigenvalue weighted by Crippen LogP contribution is -2.34. The summed E-state index contributed by atoms with van der Waals surface area (Å²) in [4.78, 5) is 23.1. The van der Waals surface area contributed by atoms with Crippen LogP contribution in [-0.4, -0.2) is 24.5 Å². The van der Waals surface area contributed by atoms with Crippen LogP contribution in [0.25, 0.3) is 0 Å². The highest BCUT2D eigenvalue weighted by atomic mass is 16.5. The molecule has 0 aliphatic carbocycles. The topological polar surface area (TPSA) is 81.4 Å². The van der Waals surface area contributed by atoms with Crippen molar-refractivity contribution in [2.75, 3.05) is 11.9 Å². The van der Waals surface area contributed by atoms with Gasteiger partial charge in [0.1, 0.15) is 0 Å². The van der Waals surface area contributed by atoms with Gasteiger partial charge in [0.15, 0.2) is 0 Å². The summed E-state index contributed by atoms with van der Waals surface area (Å²) in [5.41, 5.74) is 6.69. The summed E-state index contributed by atoms with van der Waals surface area (Å²) in [5, 5.41) is 2.69. The van der Waals surface area contributed by atoms with E-state index >= 15 is 0 Å². The van der Waals surface area contributed by atoms with Crippen molar-refractivity contribution >= 4 is 17.6 Å². The second kappa shape index (κ2) is 7.53. The number of nitrogens with two attached hydrogens (primary N) is 1. The molecular formula is C14H20N2O3. The van der Waals surface area contributed by atoms with E-state index in [0.717, 1.165) is 6.42 Å². The minimum atomic E-state index is -0.519. The van der Waals surface area contributed by atoms with Crippen LogP contribution in [0.5, 0.6) is 0 Å². The van der Waals surface area contributed by atoms with Gasteiger partial charge in [0.2, 0.25) is 5.91 Å². The maximum absolute atomic E-state index is 11.6. The summed E-state index contributed by atoms with van der Waals surface area (Å²) < 4.78 is 5.01. The molecule has 0 spiro atoms. The van der Waals surface area contributed by atoms with Crippen LogP contribution < -0.4 is 11.1 Å². The van der Waals surface area contributed by atoms with E-state index in [9.17, 15) is 9.59 Å². The van der Waals surface area contributed by atoms with Gasteiger partial charge in [-0.15, -0.1) is 0 Å². The fourth-order valence-corrected chi connectivity index (χ4v) is 1.39. The molecule has 1 aromatic rings. The first-order valence-corrected chi connectivity index (χ1v) is 6.42. The van der Waals surface area contributed by atoms with Crippen molar-refractivity contribution in [1.82, 2.24) is 0 Å². The Balaban J connectivity index is 2.61. The maximum atomic E-state index is 11.6. The number of rotatable bonds is 6. The van der Waals surface area contributed by atoms with Gasteiger partial charge in [-0.3, -0.25) is 4.79 Å². The molecule has 1 amide bonds. The van der Waals surface area contributed by atoms with E-state index in [1.54, 1.807) is 24.3 Å². The smallest absolute Gasteiger partial charge is 0.338 e. The van der Waals surface area contributed by atoms with Crippen molar-refractivity contribution in [1.29, 1.82) is 0 Å². The van der Waals surface area contributed by atoms with Crippen molar-refractivity contribution in [3.05, 3.63) is 29.8 Å². The molecule has 0 aliphatic rings. The van der Waals surface area contributed by atoms with E-state index in [0.29, 0.717) is 24.3 Å². The molecule has 104 valence electrons. The fourth-order valence-electron chi connectivity index (χ4n) is 1.39. The lowest BCUT2D eigenvalue weighted by atomic mass is 10.2. The Morgan fingerprint density at radius 2 is 1.89 bits per heavy atom. The molecular weight excluding hydrogens is 244 g/mol. The van der Waals surface area contributed by atoms with Crippen LogP contribution in [0.15, 0.2) is 24.3 Å². The van der Waals surface area contributed by atoms with Gasteiger partial charge in [-0.2, -0.15) is 0 Å². The average Bonchev–Trinajstić information content (AvgIpc) is 2.44. The largest absolute Gasteiger partial charge is 0.462 e. The zero-order chi connectivity index (χ0) is 14.3. The summed E-state index contributed by atoms with van der Waals surface area (Å²) in [7, 11) is 0. The highest BCUT2D eigenvalue weighted by molar-refractivity contribution is 5.95. The number of benzene rings is 1. The zero-order valence-corrected chi connectivity index (χ0v) is 11.3. The molecule has 0 aliphatic heterocycles. The molecule has 0 saturated heterocycles. The third-order valence-corrected chi connectivity index (χ3v) is 2.60. The predicted molar refractivity (Wildman–Crippen MR) is 73.9 cm³/mol. The monoisotopic (exact) mass is 264 g/mol. The van der Waals surface area contributed by atoms with Gasteiger partial charge in [0.05, 0.1) is 18.2 Å². The second-order valence-corrected chi connectivity index (χ2v) is 4.22. The molecule has 1 rings (SSSR count). The highest BCUT2D eigenvalue weighted by Crippen LogP contribution is 2.11. The first-order chi connectivity index (χ1) is 9.08. The van der Waals surface area contributed by atoms with Crippen molar-refractivity contribution < 1.29 is 14.3 Å². The third kappa shape index (κ3) is 4.71. The number of anilines is 1. The fraction of sp³-hybridized carbons (Fsp3) is 0.429. The van der Waals surface area contributed by atoms with E-state index in [4.69, 9.17) is 10.5 Å². The van der Waals surface area contributed by atoms with E-state index in [-0.39, 0.29) is 11.9 Å². The van der Waals surface area contributed by atoms with Gasteiger partial charge < -0.3 is 15.8 Å². The lowest BCUT2D eigenvalue weighted by molar-refractivity contribution is -0.117. The Hall–Kier alpha value is -1.88. The minimum Gasteiger partial charge on any atom is -0.462 e. The zero-order valence-electron chi connectivity index (χ0n) is 11.3. The van der Waals surface area contributed by atoms with E-state index < -0.39 is 6.04 Å². The molecule has 3 N–H and O–H groups in total. The molecule has 0 unspecified atom stereocenters. The minimum absolute atomic E-state index is 0.233. The Morgan fingerprint density at radius 1 is 1.26 bits per heavy atom. The lowest BCUT2D eigenvalue weighted by Gasteiger charge is -2.10. The Bertz CT molecular complexity index is 429. The van der Waals surface area contributed by atoms with Crippen molar-refractivity contribution in [2.24, 2.45) is 5.73 Å². The summed E-state index contributed by atoms with van der Waals surface area (Å²) in [5.74, 6) is -0.589. The molecule has 0 aromatic heterocycles. The number of hydrogen-bond donors (Lipinski definition) is 2. The molecule has 5 heteroatoms. The molecule has 0 fully saturated rings. The number of esters is 1. The quantitative estimate of drug-likeness (QED) is 0.769. The standard InChI is InChI=1S/C14H20N2O3/c1-3-9-19-14(18)10-5-7-11(8-6-10)16-13(17)12(15)4-2/h5-8,12H,3-4,9,15H2,1-2H3,(H,16,17)/t12-/m1/s1. The number of amides is 1. The molecule has 0 heterocycles. The maximum Gasteiger partial charge on any atom is 0.338 e. The normalized spacial score (nSPS) is 11.7. The van der Waals surface area contributed by atoms with Gasteiger partial charge in [-0.1, -0.05) is 13.8 Å². The Morgan fingerprint density at radius 3 is 2.42 bits per heavy atom. The molecule has 5 nitrogen and oxygen atoms in total. The van der Waals surface area contributed by atoms with Crippen molar-refractivity contribution in [3.8, 4) is 0 Å². The van der Waals surface area contributed by atoms with Crippen LogP contribution in [0.4, 0.5) is 5.69 Å². The SMILES string of the molecule is CCCOC(=O)c1ccc(NC(=O)[C@H](N)CC)cc1. The van der Waals surface area contributed by atoms with Crippen LogP contribution >= 0.6 is 0 Å². The average molecular weight is 264 g/mol. The molecule has 0 bridgehead atoms. The number of nitrogens with one attached hydrogen (secondary N) is 1. The van der Waals surface area contributed by atoms with Gasteiger partial charge in [0.25, 0.3) is 0 Å².